The van der Waals surface area contributed by atoms with Crippen molar-refractivity contribution in [3.8, 4) is 11.1 Å². The maximum atomic E-state index is 12.6. The quantitative estimate of drug-likeness (QED) is 0.727. The molecule has 1 amide bonds. The fourth-order valence-electron chi connectivity index (χ4n) is 3.02. The molecule has 3 heteroatoms. The van der Waals surface area contributed by atoms with Gasteiger partial charge in [0.1, 0.15) is 0 Å². The molecule has 114 valence electrons. The van der Waals surface area contributed by atoms with Crippen LogP contribution in [0, 0.1) is 0 Å². The third-order valence-electron chi connectivity index (χ3n) is 4.40. The summed E-state index contributed by atoms with van der Waals surface area (Å²) in [6.45, 7) is 1.58. The van der Waals surface area contributed by atoms with Crippen LogP contribution in [-0.2, 0) is 0 Å². The average Bonchev–Trinajstić information content (AvgIpc) is 3.09. The highest BCUT2D eigenvalue weighted by Gasteiger charge is 2.32. The normalized spacial score (nSPS) is 14.5. The second-order valence-corrected chi connectivity index (χ2v) is 5.91. The number of nitrogens with zero attached hydrogens (tertiary/aromatic N) is 1. The molecule has 23 heavy (non-hydrogen) atoms. The van der Waals surface area contributed by atoms with Gasteiger partial charge in [-0.3, -0.25) is 4.79 Å². The zero-order chi connectivity index (χ0) is 15.6. The van der Waals surface area contributed by atoms with Gasteiger partial charge in [-0.25, -0.2) is 0 Å². The number of benzene rings is 2. The molecule has 1 aliphatic rings. The maximum Gasteiger partial charge on any atom is 0.253 e. The molecule has 0 bridgehead atoms. The van der Waals surface area contributed by atoms with Crippen LogP contribution in [0.15, 0.2) is 77.6 Å². The molecule has 1 fully saturated rings. The molecule has 2 aromatic carbocycles. The second-order valence-electron chi connectivity index (χ2n) is 5.91. The molecule has 0 spiro atoms. The Balaban J connectivity index is 1.48. The predicted molar refractivity (Wildman–Crippen MR) is 89.2 cm³/mol. The van der Waals surface area contributed by atoms with Crippen molar-refractivity contribution in [3.63, 3.8) is 0 Å². The predicted octanol–water partition coefficient (Wildman–Crippen LogP) is 4.19. The van der Waals surface area contributed by atoms with Crippen LogP contribution in [0.2, 0.25) is 0 Å². The summed E-state index contributed by atoms with van der Waals surface area (Å²) in [5.41, 5.74) is 4.04. The summed E-state index contributed by atoms with van der Waals surface area (Å²) in [7, 11) is 0. The summed E-state index contributed by atoms with van der Waals surface area (Å²) in [5.74, 6) is 0.555. The Morgan fingerprint density at radius 1 is 0.957 bits per heavy atom. The van der Waals surface area contributed by atoms with E-state index in [-0.39, 0.29) is 5.91 Å². The monoisotopic (exact) mass is 303 g/mol. The molecule has 1 aromatic heterocycles. The Kier molecular flexibility index (Phi) is 3.46. The lowest BCUT2D eigenvalue weighted by atomic mass is 9.91. The van der Waals surface area contributed by atoms with E-state index < -0.39 is 0 Å². The lowest BCUT2D eigenvalue weighted by molar-refractivity contribution is 0.0602. The molecular formula is C20H17NO2. The van der Waals surface area contributed by atoms with Gasteiger partial charge < -0.3 is 9.32 Å². The van der Waals surface area contributed by atoms with Crippen molar-refractivity contribution in [2.45, 2.75) is 5.92 Å². The molecule has 0 N–H and O–H groups in total. The van der Waals surface area contributed by atoms with Crippen LogP contribution < -0.4 is 0 Å². The van der Waals surface area contributed by atoms with Crippen LogP contribution in [0.4, 0.5) is 0 Å². The summed E-state index contributed by atoms with van der Waals surface area (Å²) < 4.78 is 5.12. The molecule has 1 saturated heterocycles. The molecule has 4 rings (SSSR count). The lowest BCUT2D eigenvalue weighted by Crippen LogP contribution is -2.48. The van der Waals surface area contributed by atoms with Gasteiger partial charge in [-0.1, -0.05) is 42.5 Å². The molecule has 0 saturated carbocycles. The van der Waals surface area contributed by atoms with Gasteiger partial charge in [0.05, 0.1) is 12.5 Å². The van der Waals surface area contributed by atoms with Gasteiger partial charge in [0, 0.05) is 30.1 Å². The van der Waals surface area contributed by atoms with E-state index in [0.29, 0.717) is 5.92 Å². The summed E-state index contributed by atoms with van der Waals surface area (Å²) in [6, 6.07) is 20.0. The number of hydrogen-bond acceptors (Lipinski definition) is 2. The van der Waals surface area contributed by atoms with Gasteiger partial charge in [-0.05, 0) is 29.3 Å². The summed E-state index contributed by atoms with van der Waals surface area (Å²) in [5, 5.41) is 0. The van der Waals surface area contributed by atoms with Crippen molar-refractivity contribution < 1.29 is 9.21 Å². The first-order valence-corrected chi connectivity index (χ1v) is 7.78. The Morgan fingerprint density at radius 3 is 2.52 bits per heavy atom. The summed E-state index contributed by atoms with van der Waals surface area (Å²) >= 11 is 0. The van der Waals surface area contributed by atoms with Crippen molar-refractivity contribution in [3.05, 3.63) is 84.3 Å². The number of likely N-dealkylation sites (tertiary alicyclic amines) is 1. The zero-order valence-electron chi connectivity index (χ0n) is 12.7. The van der Waals surface area contributed by atoms with Crippen LogP contribution >= 0.6 is 0 Å². The minimum absolute atomic E-state index is 0.0996. The molecule has 0 unspecified atom stereocenters. The minimum atomic E-state index is 0.0996. The maximum absolute atomic E-state index is 12.6. The third kappa shape index (κ3) is 2.66. The van der Waals surface area contributed by atoms with Crippen molar-refractivity contribution in [1.82, 2.24) is 4.90 Å². The first kappa shape index (κ1) is 13.8. The third-order valence-corrected chi connectivity index (χ3v) is 4.40. The Labute approximate surface area is 135 Å². The molecule has 0 atom stereocenters. The van der Waals surface area contributed by atoms with E-state index >= 15 is 0 Å². The van der Waals surface area contributed by atoms with E-state index in [9.17, 15) is 4.79 Å². The summed E-state index contributed by atoms with van der Waals surface area (Å²) in [4.78, 5) is 14.5. The molecule has 1 aliphatic heterocycles. The van der Waals surface area contributed by atoms with E-state index in [2.05, 4.69) is 12.1 Å². The Bertz CT molecular complexity index is 803. The van der Waals surface area contributed by atoms with Crippen LogP contribution in [0.3, 0.4) is 0 Å². The van der Waals surface area contributed by atoms with Gasteiger partial charge in [0.2, 0.25) is 0 Å². The van der Waals surface area contributed by atoms with Crippen molar-refractivity contribution in [1.29, 1.82) is 0 Å². The lowest BCUT2D eigenvalue weighted by Gasteiger charge is -2.39. The highest BCUT2D eigenvalue weighted by molar-refractivity contribution is 5.96. The molecule has 2 heterocycles. The van der Waals surface area contributed by atoms with Crippen LogP contribution in [0.5, 0.6) is 0 Å². The molecule has 0 radical (unpaired) electrons. The number of carbonyl (C=O) groups is 1. The van der Waals surface area contributed by atoms with Crippen LogP contribution in [-0.4, -0.2) is 23.9 Å². The van der Waals surface area contributed by atoms with E-state index in [1.54, 1.807) is 12.5 Å². The van der Waals surface area contributed by atoms with Crippen molar-refractivity contribution >= 4 is 5.91 Å². The number of amides is 1. The molecular weight excluding hydrogens is 286 g/mol. The van der Waals surface area contributed by atoms with Gasteiger partial charge in [-0.2, -0.15) is 0 Å². The number of carbonyl (C=O) groups excluding carboxylic acids is 1. The van der Waals surface area contributed by atoms with E-state index in [1.807, 2.05) is 53.4 Å². The fraction of sp³-hybridized carbons (Fsp3) is 0.150. The van der Waals surface area contributed by atoms with Gasteiger partial charge >= 0.3 is 0 Å². The van der Waals surface area contributed by atoms with E-state index in [0.717, 1.165) is 29.8 Å². The zero-order valence-corrected chi connectivity index (χ0v) is 12.7. The van der Waals surface area contributed by atoms with Crippen molar-refractivity contribution in [2.24, 2.45) is 0 Å². The van der Waals surface area contributed by atoms with Crippen molar-refractivity contribution in [2.75, 3.05) is 13.1 Å². The van der Waals surface area contributed by atoms with E-state index in [1.165, 1.54) is 5.56 Å². The Morgan fingerprint density at radius 2 is 1.78 bits per heavy atom. The first-order valence-electron chi connectivity index (χ1n) is 7.78. The van der Waals surface area contributed by atoms with Gasteiger partial charge in [0.15, 0.2) is 0 Å². The minimum Gasteiger partial charge on any atom is -0.472 e. The SMILES string of the molecule is O=C(c1cccc(-c2ccoc2)c1)N1CC(c2ccccc2)C1. The first-order chi connectivity index (χ1) is 11.3. The topological polar surface area (TPSA) is 33.5 Å². The highest BCUT2D eigenvalue weighted by Crippen LogP contribution is 2.29. The fourth-order valence-corrected chi connectivity index (χ4v) is 3.02. The smallest absolute Gasteiger partial charge is 0.253 e. The largest absolute Gasteiger partial charge is 0.472 e. The number of rotatable bonds is 3. The van der Waals surface area contributed by atoms with Gasteiger partial charge in [-0.15, -0.1) is 0 Å². The van der Waals surface area contributed by atoms with Gasteiger partial charge in [0.25, 0.3) is 5.91 Å². The van der Waals surface area contributed by atoms with Crippen LogP contribution in [0.1, 0.15) is 21.8 Å². The number of furan rings is 1. The summed E-state index contributed by atoms with van der Waals surface area (Å²) in [6.07, 6.45) is 3.34. The molecule has 3 aromatic rings. The van der Waals surface area contributed by atoms with E-state index in [4.69, 9.17) is 4.42 Å². The Hall–Kier alpha value is -2.81. The molecule has 0 aliphatic carbocycles. The second kappa shape index (κ2) is 5.76. The van der Waals surface area contributed by atoms with Crippen LogP contribution in [0.25, 0.3) is 11.1 Å². The average molecular weight is 303 g/mol. The number of hydrogen-bond donors (Lipinski definition) is 0. The molecule has 3 nitrogen and oxygen atoms in total. The standard InChI is InChI=1S/C20H17NO2/c22-20(21-12-19(13-21)15-5-2-1-3-6-15)17-8-4-7-16(11-17)18-9-10-23-14-18/h1-11,14,19H,12-13H2. The highest BCUT2D eigenvalue weighted by atomic mass is 16.3.